The normalized spacial score (nSPS) is 11.6. The molecule has 0 aliphatic heterocycles. The fourth-order valence-corrected chi connectivity index (χ4v) is 1.31. The zero-order valence-corrected chi connectivity index (χ0v) is 9.32. The quantitative estimate of drug-likeness (QED) is 0.758. The van der Waals surface area contributed by atoms with E-state index < -0.39 is 5.97 Å². The molecule has 0 bridgehead atoms. The first kappa shape index (κ1) is 12.1. The molecule has 0 aromatic carbocycles. The van der Waals surface area contributed by atoms with Gasteiger partial charge in [0, 0.05) is 0 Å². The third-order valence-electron chi connectivity index (χ3n) is 2.25. The maximum atomic E-state index is 10.8. The number of pyridine rings is 1. The predicted molar refractivity (Wildman–Crippen MR) is 62.5 cm³/mol. The number of carboxylic acids is 1. The van der Waals surface area contributed by atoms with Crippen molar-refractivity contribution in [3.05, 3.63) is 23.4 Å². The number of nitrogens with one attached hydrogen (secondary N) is 1. The van der Waals surface area contributed by atoms with E-state index in [0.717, 1.165) is 6.42 Å². The Morgan fingerprint density at radius 1 is 1.69 bits per heavy atom. The Balaban J connectivity index is 2.90. The SMILES string of the molecule is C#CC(CC)Nc1ccc(C(=O)O)c(C)n1. The molecule has 2 N–H and O–H groups in total. The molecule has 1 aromatic heterocycles. The molecule has 0 amide bonds. The van der Waals surface area contributed by atoms with E-state index in [1.165, 1.54) is 6.07 Å². The summed E-state index contributed by atoms with van der Waals surface area (Å²) in [4.78, 5) is 14.9. The van der Waals surface area contributed by atoms with E-state index in [4.69, 9.17) is 11.5 Å². The van der Waals surface area contributed by atoms with Crippen LogP contribution in [-0.2, 0) is 0 Å². The molecule has 84 valence electrons. The van der Waals surface area contributed by atoms with Crippen LogP contribution in [0.1, 0.15) is 29.4 Å². The second-order valence-electron chi connectivity index (χ2n) is 3.41. The summed E-state index contributed by atoms with van der Waals surface area (Å²) in [5.74, 6) is 2.22. The van der Waals surface area contributed by atoms with Crippen molar-refractivity contribution >= 4 is 11.8 Å². The zero-order chi connectivity index (χ0) is 12.1. The van der Waals surface area contributed by atoms with Crippen molar-refractivity contribution in [3.8, 4) is 12.3 Å². The van der Waals surface area contributed by atoms with E-state index in [-0.39, 0.29) is 11.6 Å². The van der Waals surface area contributed by atoms with Gasteiger partial charge in [0.25, 0.3) is 0 Å². The van der Waals surface area contributed by atoms with Crippen LogP contribution in [0.5, 0.6) is 0 Å². The van der Waals surface area contributed by atoms with Gasteiger partial charge in [0.15, 0.2) is 0 Å². The number of carbonyl (C=O) groups is 1. The topological polar surface area (TPSA) is 62.2 Å². The average molecular weight is 218 g/mol. The van der Waals surface area contributed by atoms with Crippen LogP contribution in [-0.4, -0.2) is 22.1 Å². The minimum Gasteiger partial charge on any atom is -0.478 e. The van der Waals surface area contributed by atoms with Crippen LogP contribution >= 0.6 is 0 Å². The Labute approximate surface area is 94.7 Å². The van der Waals surface area contributed by atoms with Gasteiger partial charge in [0.05, 0.1) is 17.3 Å². The first-order valence-electron chi connectivity index (χ1n) is 5.02. The second kappa shape index (κ2) is 5.17. The van der Waals surface area contributed by atoms with Crippen LogP contribution < -0.4 is 5.32 Å². The number of aryl methyl sites for hydroxylation is 1. The predicted octanol–water partition coefficient (Wildman–Crippen LogP) is 1.91. The molecule has 16 heavy (non-hydrogen) atoms. The van der Waals surface area contributed by atoms with Crippen molar-refractivity contribution < 1.29 is 9.90 Å². The van der Waals surface area contributed by atoms with E-state index in [0.29, 0.717) is 11.5 Å². The van der Waals surface area contributed by atoms with Crippen LogP contribution in [0.25, 0.3) is 0 Å². The summed E-state index contributed by atoms with van der Waals surface area (Å²) in [5, 5.41) is 11.9. The highest BCUT2D eigenvalue weighted by Gasteiger charge is 2.09. The number of terminal acetylenes is 1. The number of hydrogen-bond donors (Lipinski definition) is 2. The highest BCUT2D eigenvalue weighted by molar-refractivity contribution is 5.89. The molecule has 1 rings (SSSR count). The van der Waals surface area contributed by atoms with E-state index in [9.17, 15) is 4.79 Å². The number of nitrogens with zero attached hydrogens (tertiary/aromatic N) is 1. The molecule has 0 spiro atoms. The summed E-state index contributed by atoms with van der Waals surface area (Å²) in [6.07, 6.45) is 6.10. The van der Waals surface area contributed by atoms with Gasteiger partial charge < -0.3 is 10.4 Å². The highest BCUT2D eigenvalue weighted by atomic mass is 16.4. The van der Waals surface area contributed by atoms with Gasteiger partial charge in [-0.2, -0.15) is 0 Å². The summed E-state index contributed by atoms with van der Waals surface area (Å²) in [5.41, 5.74) is 0.684. The van der Waals surface area contributed by atoms with Crippen LogP contribution in [0.4, 0.5) is 5.82 Å². The van der Waals surface area contributed by atoms with Gasteiger partial charge in [-0.25, -0.2) is 9.78 Å². The molecule has 1 atom stereocenters. The summed E-state index contributed by atoms with van der Waals surface area (Å²) < 4.78 is 0. The lowest BCUT2D eigenvalue weighted by Crippen LogP contribution is -2.17. The molecule has 1 unspecified atom stereocenters. The van der Waals surface area contributed by atoms with Crippen molar-refractivity contribution in [2.24, 2.45) is 0 Å². The molecule has 0 radical (unpaired) electrons. The standard InChI is InChI=1S/C12H14N2O2/c1-4-9(5-2)14-11-7-6-10(12(15)16)8(3)13-11/h1,6-7,9H,5H2,2-3H3,(H,13,14)(H,15,16). The van der Waals surface area contributed by atoms with Crippen LogP contribution in [0.2, 0.25) is 0 Å². The van der Waals surface area contributed by atoms with Gasteiger partial charge >= 0.3 is 5.97 Å². The van der Waals surface area contributed by atoms with Gasteiger partial charge in [0.2, 0.25) is 0 Å². The molecule has 0 fully saturated rings. The lowest BCUT2D eigenvalue weighted by Gasteiger charge is -2.12. The lowest BCUT2D eigenvalue weighted by atomic mass is 10.2. The van der Waals surface area contributed by atoms with E-state index in [2.05, 4.69) is 16.2 Å². The van der Waals surface area contributed by atoms with Gasteiger partial charge in [-0.05, 0) is 25.5 Å². The Morgan fingerprint density at radius 3 is 2.81 bits per heavy atom. The highest BCUT2D eigenvalue weighted by Crippen LogP contribution is 2.12. The number of aromatic nitrogens is 1. The van der Waals surface area contributed by atoms with Crippen LogP contribution in [0.3, 0.4) is 0 Å². The molecule has 4 heteroatoms. The Kier molecular flexibility index (Phi) is 3.90. The van der Waals surface area contributed by atoms with Crippen molar-refractivity contribution in [2.45, 2.75) is 26.3 Å². The number of carboxylic acid groups (broad SMARTS) is 1. The summed E-state index contributed by atoms with van der Waals surface area (Å²) in [6, 6.07) is 3.06. The van der Waals surface area contributed by atoms with Crippen LogP contribution in [0.15, 0.2) is 12.1 Å². The summed E-state index contributed by atoms with van der Waals surface area (Å²) in [7, 11) is 0. The Morgan fingerprint density at radius 2 is 2.38 bits per heavy atom. The van der Waals surface area contributed by atoms with Crippen LogP contribution in [0, 0.1) is 19.3 Å². The molecule has 1 aromatic rings. The fraction of sp³-hybridized carbons (Fsp3) is 0.333. The molecule has 1 heterocycles. The van der Waals surface area contributed by atoms with E-state index in [1.807, 2.05) is 6.92 Å². The average Bonchev–Trinajstić information content (AvgIpc) is 2.25. The third-order valence-corrected chi connectivity index (χ3v) is 2.25. The molecule has 0 aliphatic rings. The molecule has 0 saturated heterocycles. The number of anilines is 1. The van der Waals surface area contributed by atoms with Gasteiger partial charge in [0.1, 0.15) is 5.82 Å². The number of aromatic carboxylic acids is 1. The number of hydrogen-bond acceptors (Lipinski definition) is 3. The first-order valence-corrected chi connectivity index (χ1v) is 5.02. The monoisotopic (exact) mass is 218 g/mol. The lowest BCUT2D eigenvalue weighted by molar-refractivity contribution is 0.0695. The second-order valence-corrected chi connectivity index (χ2v) is 3.41. The minimum absolute atomic E-state index is 0.0809. The molecular formula is C12H14N2O2. The minimum atomic E-state index is -0.972. The molecule has 0 aliphatic carbocycles. The maximum absolute atomic E-state index is 10.8. The van der Waals surface area contributed by atoms with Gasteiger partial charge in [-0.1, -0.05) is 12.8 Å². The summed E-state index contributed by atoms with van der Waals surface area (Å²) in [6.45, 7) is 3.63. The van der Waals surface area contributed by atoms with Crippen molar-refractivity contribution in [2.75, 3.05) is 5.32 Å². The van der Waals surface area contributed by atoms with Crippen molar-refractivity contribution in [3.63, 3.8) is 0 Å². The first-order chi connectivity index (χ1) is 7.58. The van der Waals surface area contributed by atoms with E-state index in [1.54, 1.807) is 13.0 Å². The van der Waals surface area contributed by atoms with Gasteiger partial charge in [-0.3, -0.25) is 0 Å². The fourth-order valence-electron chi connectivity index (χ4n) is 1.31. The molecule has 4 nitrogen and oxygen atoms in total. The molecule has 0 saturated carbocycles. The Hall–Kier alpha value is -2.02. The summed E-state index contributed by atoms with van der Waals surface area (Å²) >= 11 is 0. The van der Waals surface area contributed by atoms with Crippen molar-refractivity contribution in [1.82, 2.24) is 4.98 Å². The largest absolute Gasteiger partial charge is 0.478 e. The number of rotatable bonds is 4. The smallest absolute Gasteiger partial charge is 0.337 e. The third kappa shape index (κ3) is 2.74. The Bertz CT molecular complexity index is 435. The zero-order valence-electron chi connectivity index (χ0n) is 9.32. The maximum Gasteiger partial charge on any atom is 0.337 e. The van der Waals surface area contributed by atoms with Gasteiger partial charge in [-0.15, -0.1) is 6.42 Å². The van der Waals surface area contributed by atoms with E-state index >= 15 is 0 Å². The molecular weight excluding hydrogens is 204 g/mol. The van der Waals surface area contributed by atoms with Crippen molar-refractivity contribution in [1.29, 1.82) is 0 Å².